The van der Waals surface area contributed by atoms with E-state index < -0.39 is 13.2 Å². The van der Waals surface area contributed by atoms with E-state index in [1.165, 1.54) is 6.82 Å². The Morgan fingerprint density at radius 1 is 1.09 bits per heavy atom. The molecule has 2 aromatic carbocycles. The number of nitrogens with one attached hydrogen (secondary N) is 1. The highest BCUT2D eigenvalue weighted by Crippen LogP contribution is 2.25. The molecule has 0 radical (unpaired) electrons. The number of hydrogen-bond acceptors (Lipinski definition) is 5. The first-order chi connectivity index (χ1) is 10.9. The van der Waals surface area contributed by atoms with Crippen molar-refractivity contribution >= 4 is 17.9 Å². The number of ether oxygens (including phenoxy) is 1. The summed E-state index contributed by atoms with van der Waals surface area (Å²) in [7, 11) is -1.17. The lowest BCUT2D eigenvalue weighted by Gasteiger charge is -2.15. The molecular formula is C17H26BNO4. The van der Waals surface area contributed by atoms with E-state index in [9.17, 15) is 5.11 Å². The van der Waals surface area contributed by atoms with Crippen molar-refractivity contribution in [2.75, 3.05) is 13.2 Å². The van der Waals surface area contributed by atoms with Gasteiger partial charge in [-0.1, -0.05) is 50.2 Å². The first-order valence-corrected chi connectivity index (χ1v) is 7.78. The van der Waals surface area contributed by atoms with Gasteiger partial charge < -0.3 is 25.2 Å². The Hall–Kier alpha value is -1.60. The van der Waals surface area contributed by atoms with Gasteiger partial charge >= 0.3 is 7.12 Å². The van der Waals surface area contributed by atoms with Crippen molar-refractivity contribution in [3.63, 3.8) is 0 Å². The third kappa shape index (κ3) is 7.99. The van der Waals surface area contributed by atoms with Crippen LogP contribution in [-0.2, 0) is 0 Å². The maximum atomic E-state index is 9.84. The summed E-state index contributed by atoms with van der Waals surface area (Å²) >= 11 is 0. The number of aliphatic hydroxyl groups is 1. The van der Waals surface area contributed by atoms with Crippen LogP contribution < -0.4 is 10.1 Å². The van der Waals surface area contributed by atoms with Gasteiger partial charge in [-0.2, -0.15) is 0 Å². The van der Waals surface area contributed by atoms with E-state index >= 15 is 0 Å². The first-order valence-electron chi connectivity index (χ1n) is 7.78. The number of fused-ring (bicyclic) bond motifs is 1. The highest BCUT2D eigenvalue weighted by molar-refractivity contribution is 6.38. The van der Waals surface area contributed by atoms with Crippen LogP contribution >= 0.6 is 0 Å². The fourth-order valence-electron chi connectivity index (χ4n) is 1.94. The summed E-state index contributed by atoms with van der Waals surface area (Å²) < 4.78 is 5.72. The fraction of sp³-hybridized carbons (Fsp3) is 0.412. The zero-order chi connectivity index (χ0) is 17.2. The van der Waals surface area contributed by atoms with E-state index in [4.69, 9.17) is 14.8 Å². The highest BCUT2D eigenvalue weighted by atomic mass is 16.5. The van der Waals surface area contributed by atoms with Crippen LogP contribution in [-0.4, -0.2) is 47.6 Å². The summed E-state index contributed by atoms with van der Waals surface area (Å²) in [4.78, 5) is 0. The van der Waals surface area contributed by atoms with Gasteiger partial charge in [-0.15, -0.1) is 0 Å². The Kier molecular flexibility index (Phi) is 8.65. The lowest BCUT2D eigenvalue weighted by molar-refractivity contribution is 0.105. The molecule has 0 heterocycles. The molecule has 0 aliphatic rings. The molecule has 0 spiro atoms. The van der Waals surface area contributed by atoms with Gasteiger partial charge in [0.15, 0.2) is 0 Å². The summed E-state index contributed by atoms with van der Waals surface area (Å²) in [5, 5.41) is 30.5. The summed E-state index contributed by atoms with van der Waals surface area (Å²) in [5.41, 5.74) is 0. The lowest BCUT2D eigenvalue weighted by atomic mass is 9.99. The Labute approximate surface area is 138 Å². The van der Waals surface area contributed by atoms with Gasteiger partial charge in [0.25, 0.3) is 0 Å². The second-order valence-electron chi connectivity index (χ2n) is 5.64. The summed E-state index contributed by atoms with van der Waals surface area (Å²) in [6.45, 7) is 6.23. The van der Waals surface area contributed by atoms with Crippen molar-refractivity contribution in [1.29, 1.82) is 0 Å². The molecule has 4 N–H and O–H groups in total. The van der Waals surface area contributed by atoms with Crippen LogP contribution in [0.25, 0.3) is 10.8 Å². The Bertz CT molecular complexity index is 569. The summed E-state index contributed by atoms with van der Waals surface area (Å²) in [6.07, 6.45) is -0.499. The van der Waals surface area contributed by atoms with Gasteiger partial charge in [0.2, 0.25) is 0 Å². The SMILES string of the molecule is CB(O)O.CC(C)NCC(O)COc1cccc2ccccc12. The smallest absolute Gasteiger partial charge is 0.448 e. The maximum absolute atomic E-state index is 9.84. The van der Waals surface area contributed by atoms with Crippen molar-refractivity contribution in [2.45, 2.75) is 32.8 Å². The molecule has 23 heavy (non-hydrogen) atoms. The molecule has 2 rings (SSSR count). The molecule has 0 aromatic heterocycles. The second-order valence-corrected chi connectivity index (χ2v) is 5.64. The van der Waals surface area contributed by atoms with Crippen LogP contribution in [0.15, 0.2) is 42.5 Å². The number of aliphatic hydroxyl groups excluding tert-OH is 1. The van der Waals surface area contributed by atoms with Crippen molar-refractivity contribution < 1.29 is 19.9 Å². The molecule has 0 aliphatic carbocycles. The average Bonchev–Trinajstić information content (AvgIpc) is 2.50. The topological polar surface area (TPSA) is 82.0 Å². The Morgan fingerprint density at radius 2 is 1.70 bits per heavy atom. The summed E-state index contributed by atoms with van der Waals surface area (Å²) in [6, 6.07) is 14.4. The van der Waals surface area contributed by atoms with Crippen molar-refractivity contribution in [3.8, 4) is 5.75 Å². The predicted octanol–water partition coefficient (Wildman–Crippen LogP) is 1.67. The van der Waals surface area contributed by atoms with Gasteiger partial charge in [-0.25, -0.2) is 0 Å². The zero-order valence-electron chi connectivity index (χ0n) is 13.9. The largest absolute Gasteiger partial charge is 0.490 e. The Balaban J connectivity index is 0.000000593. The van der Waals surface area contributed by atoms with Crippen LogP contribution in [0.4, 0.5) is 0 Å². The maximum Gasteiger partial charge on any atom is 0.448 e. The first kappa shape index (κ1) is 19.5. The standard InChI is InChI=1S/C16H21NO2.CH5BO2/c1-12(2)17-10-14(18)11-19-16-9-5-7-13-6-3-4-8-15(13)16;1-2(3)4/h3-9,12,14,17-18H,10-11H2,1-2H3;3-4H,1H3. The molecule has 5 nitrogen and oxygen atoms in total. The molecule has 0 bridgehead atoms. The Morgan fingerprint density at radius 3 is 2.35 bits per heavy atom. The van der Waals surface area contributed by atoms with Crippen LogP contribution in [0.1, 0.15) is 13.8 Å². The third-order valence-electron chi connectivity index (χ3n) is 2.94. The van der Waals surface area contributed by atoms with E-state index in [-0.39, 0.29) is 0 Å². The normalized spacial score (nSPS) is 11.8. The highest BCUT2D eigenvalue weighted by Gasteiger charge is 2.07. The summed E-state index contributed by atoms with van der Waals surface area (Å²) in [5.74, 6) is 0.821. The quantitative estimate of drug-likeness (QED) is 0.609. The number of hydrogen-bond donors (Lipinski definition) is 4. The molecule has 0 aliphatic heterocycles. The molecular weight excluding hydrogens is 293 g/mol. The van der Waals surface area contributed by atoms with Crippen LogP contribution in [0.2, 0.25) is 6.82 Å². The molecule has 1 unspecified atom stereocenters. The van der Waals surface area contributed by atoms with Crippen LogP contribution in [0.5, 0.6) is 5.75 Å². The second kappa shape index (κ2) is 10.2. The molecule has 6 heteroatoms. The third-order valence-corrected chi connectivity index (χ3v) is 2.94. The van der Waals surface area contributed by atoms with Crippen molar-refractivity contribution in [3.05, 3.63) is 42.5 Å². The van der Waals surface area contributed by atoms with Crippen molar-refractivity contribution in [1.82, 2.24) is 5.32 Å². The predicted molar refractivity (Wildman–Crippen MR) is 94.6 cm³/mol. The number of benzene rings is 2. The minimum absolute atomic E-state index is 0.299. The average molecular weight is 319 g/mol. The molecule has 126 valence electrons. The molecule has 2 aromatic rings. The van der Waals surface area contributed by atoms with E-state index in [1.54, 1.807) is 0 Å². The van der Waals surface area contributed by atoms with E-state index in [1.807, 2.05) is 30.3 Å². The molecule has 0 fully saturated rings. The minimum Gasteiger partial charge on any atom is -0.490 e. The van der Waals surface area contributed by atoms with Crippen molar-refractivity contribution in [2.24, 2.45) is 0 Å². The minimum atomic E-state index is -1.17. The van der Waals surface area contributed by atoms with Crippen LogP contribution in [0, 0.1) is 0 Å². The van der Waals surface area contributed by atoms with Gasteiger partial charge in [0.05, 0.1) is 0 Å². The van der Waals surface area contributed by atoms with E-state index in [2.05, 4.69) is 31.3 Å². The zero-order valence-corrected chi connectivity index (χ0v) is 13.9. The lowest BCUT2D eigenvalue weighted by Crippen LogP contribution is -2.35. The number of rotatable bonds is 6. The monoisotopic (exact) mass is 319 g/mol. The molecule has 0 saturated heterocycles. The van der Waals surface area contributed by atoms with Crippen LogP contribution in [0.3, 0.4) is 0 Å². The van der Waals surface area contributed by atoms with Gasteiger partial charge in [-0.3, -0.25) is 0 Å². The molecule has 0 saturated carbocycles. The van der Waals surface area contributed by atoms with Gasteiger partial charge in [0, 0.05) is 18.0 Å². The van der Waals surface area contributed by atoms with E-state index in [0.29, 0.717) is 19.2 Å². The van der Waals surface area contributed by atoms with Gasteiger partial charge in [0.1, 0.15) is 18.5 Å². The molecule has 0 amide bonds. The van der Waals surface area contributed by atoms with Gasteiger partial charge in [-0.05, 0) is 18.3 Å². The van der Waals surface area contributed by atoms with E-state index in [0.717, 1.165) is 16.5 Å². The molecule has 1 atom stereocenters. The fourth-order valence-corrected chi connectivity index (χ4v) is 1.94.